The number of rotatable bonds is 15. The molecular weight excluding hydrogens is 520 g/mol. The lowest BCUT2D eigenvalue weighted by molar-refractivity contribution is 0.0652. The Labute approximate surface area is 246 Å². The van der Waals surface area contributed by atoms with Gasteiger partial charge in [-0.2, -0.15) is 0 Å². The Bertz CT molecular complexity index is 979. The van der Waals surface area contributed by atoms with Crippen molar-refractivity contribution in [1.29, 1.82) is 0 Å². The summed E-state index contributed by atoms with van der Waals surface area (Å²) in [7, 11) is 3.27. The Balaban J connectivity index is 1.38. The van der Waals surface area contributed by atoms with E-state index in [0.29, 0.717) is 54.7 Å². The molecule has 0 bridgehead atoms. The number of hydrogen-bond acceptors (Lipinski definition) is 6. The van der Waals surface area contributed by atoms with E-state index in [1.165, 1.54) is 32.1 Å². The van der Waals surface area contributed by atoms with Gasteiger partial charge in [0.2, 0.25) is 0 Å². The Morgan fingerprint density at radius 2 is 1.71 bits per heavy atom. The summed E-state index contributed by atoms with van der Waals surface area (Å²) in [6.45, 7) is 9.12. The van der Waals surface area contributed by atoms with Crippen LogP contribution < -0.4 is 20.1 Å². The molecule has 0 aromatic heterocycles. The molecule has 4 rings (SSSR count). The van der Waals surface area contributed by atoms with E-state index < -0.39 is 0 Å². The fraction of sp³-hybridized carbons (Fsp3) is 0.750. The molecule has 2 saturated carbocycles. The zero-order valence-corrected chi connectivity index (χ0v) is 25.7. The largest absolute Gasteiger partial charge is 0.493 e. The maximum Gasteiger partial charge on any atom is 0.317 e. The fourth-order valence-electron chi connectivity index (χ4n) is 6.23. The summed E-state index contributed by atoms with van der Waals surface area (Å²) in [4.78, 5) is 31.1. The molecule has 2 N–H and O–H groups in total. The van der Waals surface area contributed by atoms with E-state index in [9.17, 15) is 9.59 Å². The third-order valence-corrected chi connectivity index (χ3v) is 8.90. The number of ether oxygens (including phenoxy) is 3. The van der Waals surface area contributed by atoms with Gasteiger partial charge in [0.15, 0.2) is 11.5 Å². The van der Waals surface area contributed by atoms with E-state index in [2.05, 4.69) is 29.4 Å². The van der Waals surface area contributed by atoms with Crippen LogP contribution in [0.5, 0.6) is 11.5 Å². The average molecular weight is 573 g/mol. The number of nitrogens with zero attached hydrogens (tertiary/aromatic N) is 2. The van der Waals surface area contributed by atoms with E-state index in [4.69, 9.17) is 14.2 Å². The van der Waals surface area contributed by atoms with Gasteiger partial charge in [-0.3, -0.25) is 4.79 Å². The summed E-state index contributed by atoms with van der Waals surface area (Å²) in [5, 5.41) is 6.82. The van der Waals surface area contributed by atoms with Gasteiger partial charge in [-0.1, -0.05) is 19.3 Å². The smallest absolute Gasteiger partial charge is 0.317 e. The second-order valence-corrected chi connectivity index (χ2v) is 12.4. The minimum atomic E-state index is -0.0145. The first-order valence-corrected chi connectivity index (χ1v) is 15.8. The van der Waals surface area contributed by atoms with E-state index in [1.807, 2.05) is 11.0 Å². The molecule has 9 nitrogen and oxygen atoms in total. The number of methoxy groups -OCH3 is 2. The van der Waals surface area contributed by atoms with Crippen molar-refractivity contribution >= 4 is 11.9 Å². The molecule has 0 unspecified atom stereocenters. The van der Waals surface area contributed by atoms with Crippen molar-refractivity contribution in [3.05, 3.63) is 23.8 Å². The van der Waals surface area contributed by atoms with Gasteiger partial charge in [-0.25, -0.2) is 4.79 Å². The highest BCUT2D eigenvalue weighted by Crippen LogP contribution is 2.32. The lowest BCUT2D eigenvalue weighted by atomic mass is 9.89. The van der Waals surface area contributed by atoms with Gasteiger partial charge in [0, 0.05) is 70.5 Å². The first-order valence-electron chi connectivity index (χ1n) is 15.8. The summed E-state index contributed by atoms with van der Waals surface area (Å²) < 4.78 is 16.5. The lowest BCUT2D eigenvalue weighted by Gasteiger charge is -2.34. The monoisotopic (exact) mass is 572 g/mol. The maximum atomic E-state index is 13.8. The first kappa shape index (κ1) is 31.4. The van der Waals surface area contributed by atoms with Crippen LogP contribution in [0.3, 0.4) is 0 Å². The minimum Gasteiger partial charge on any atom is -0.493 e. The van der Waals surface area contributed by atoms with Gasteiger partial charge in [0.05, 0.1) is 13.7 Å². The van der Waals surface area contributed by atoms with E-state index in [1.54, 1.807) is 26.4 Å². The topological polar surface area (TPSA) is 92.4 Å². The summed E-state index contributed by atoms with van der Waals surface area (Å²) in [6.07, 6.45) is 9.28. The van der Waals surface area contributed by atoms with Gasteiger partial charge < -0.3 is 34.6 Å². The fourth-order valence-corrected chi connectivity index (χ4v) is 6.23. The second kappa shape index (κ2) is 15.6. The van der Waals surface area contributed by atoms with Crippen LogP contribution in [-0.4, -0.2) is 94.0 Å². The Hall–Kier alpha value is -2.52. The van der Waals surface area contributed by atoms with Crippen molar-refractivity contribution in [2.75, 3.05) is 60.2 Å². The highest BCUT2D eigenvalue weighted by atomic mass is 16.5. The van der Waals surface area contributed by atoms with E-state index in [0.717, 1.165) is 45.4 Å². The van der Waals surface area contributed by atoms with Crippen molar-refractivity contribution in [2.24, 2.45) is 17.8 Å². The van der Waals surface area contributed by atoms with Gasteiger partial charge in [-0.15, -0.1) is 0 Å². The van der Waals surface area contributed by atoms with Crippen LogP contribution in [0.1, 0.15) is 75.6 Å². The van der Waals surface area contributed by atoms with Gasteiger partial charge in [0.25, 0.3) is 5.91 Å². The SMILES string of the molecule is COCCCOc1cc(C(=O)N(C[C@@H]2CNC[C@@H]2CN(C(=O)NCC2CCCCC2)C2CC2)C(C)C)ccc1OC. The zero-order valence-electron chi connectivity index (χ0n) is 25.7. The molecule has 3 fully saturated rings. The predicted molar refractivity (Wildman–Crippen MR) is 161 cm³/mol. The standard InChI is InChI=1S/C32H52N4O5/c1-23(2)35(31(37)25-11-14-29(40-4)30(17-25)41-16-8-15-39-3)21-26-19-33-20-27(26)22-36(28-12-13-28)32(38)34-18-24-9-6-5-7-10-24/h11,14,17,23-24,26-28,33H,5-10,12-13,15-16,18-22H2,1-4H3,(H,34,38)/t26-,27+/m0/s1. The number of carbonyl (C=O) groups is 2. The highest BCUT2D eigenvalue weighted by Gasteiger charge is 2.38. The van der Waals surface area contributed by atoms with Crippen LogP contribution in [0.25, 0.3) is 0 Å². The molecule has 41 heavy (non-hydrogen) atoms. The molecule has 0 radical (unpaired) electrons. The molecule has 2 aliphatic carbocycles. The summed E-state index contributed by atoms with van der Waals surface area (Å²) >= 11 is 0. The van der Waals surface area contributed by atoms with Crippen LogP contribution in [0, 0.1) is 17.8 Å². The number of carbonyl (C=O) groups excluding carboxylic acids is 2. The Kier molecular flexibility index (Phi) is 12.0. The normalized spacial score (nSPS) is 21.1. The van der Waals surface area contributed by atoms with Crippen LogP contribution >= 0.6 is 0 Å². The number of hydrogen-bond donors (Lipinski definition) is 2. The van der Waals surface area contributed by atoms with Crippen molar-refractivity contribution in [3.8, 4) is 11.5 Å². The molecule has 230 valence electrons. The van der Waals surface area contributed by atoms with Gasteiger partial charge >= 0.3 is 6.03 Å². The number of amides is 3. The molecule has 1 heterocycles. The molecule has 1 aromatic rings. The molecule has 0 spiro atoms. The molecule has 2 atom stereocenters. The van der Waals surface area contributed by atoms with Crippen molar-refractivity contribution in [3.63, 3.8) is 0 Å². The van der Waals surface area contributed by atoms with Crippen molar-refractivity contribution < 1.29 is 23.8 Å². The molecule has 1 aromatic carbocycles. The molecule has 9 heteroatoms. The Morgan fingerprint density at radius 3 is 2.37 bits per heavy atom. The zero-order chi connectivity index (χ0) is 29.2. The third-order valence-electron chi connectivity index (χ3n) is 8.90. The number of benzene rings is 1. The van der Waals surface area contributed by atoms with Gasteiger partial charge in [-0.05, 0) is 75.5 Å². The second-order valence-electron chi connectivity index (χ2n) is 12.4. The third kappa shape index (κ3) is 8.98. The average Bonchev–Trinajstić information content (AvgIpc) is 3.74. The highest BCUT2D eigenvalue weighted by molar-refractivity contribution is 5.95. The first-order chi connectivity index (χ1) is 19.9. The predicted octanol–water partition coefficient (Wildman–Crippen LogP) is 4.55. The number of urea groups is 1. The minimum absolute atomic E-state index is 0.0145. The maximum absolute atomic E-state index is 13.8. The van der Waals surface area contributed by atoms with Crippen molar-refractivity contribution in [2.45, 2.75) is 77.3 Å². The summed E-state index contributed by atoms with van der Waals surface area (Å²) in [5.41, 5.74) is 0.588. The van der Waals surface area contributed by atoms with Crippen LogP contribution in [0.4, 0.5) is 4.79 Å². The quantitative estimate of drug-likeness (QED) is 0.300. The molecule has 3 aliphatic rings. The van der Waals surface area contributed by atoms with Crippen LogP contribution in [0.15, 0.2) is 18.2 Å². The van der Waals surface area contributed by atoms with E-state index in [-0.39, 0.29) is 23.9 Å². The lowest BCUT2D eigenvalue weighted by Crippen LogP contribution is -2.48. The van der Waals surface area contributed by atoms with Crippen molar-refractivity contribution in [1.82, 2.24) is 20.4 Å². The Morgan fingerprint density at radius 1 is 0.976 bits per heavy atom. The summed E-state index contributed by atoms with van der Waals surface area (Å²) in [6, 6.07) is 5.89. The molecule has 3 amide bonds. The van der Waals surface area contributed by atoms with Gasteiger partial charge in [0.1, 0.15) is 0 Å². The summed E-state index contributed by atoms with van der Waals surface area (Å²) in [5.74, 6) is 2.36. The van der Waals surface area contributed by atoms with Crippen LogP contribution in [0.2, 0.25) is 0 Å². The van der Waals surface area contributed by atoms with E-state index >= 15 is 0 Å². The molecule has 1 saturated heterocycles. The number of nitrogens with one attached hydrogen (secondary N) is 2. The molecular formula is C32H52N4O5. The molecule has 1 aliphatic heterocycles. The van der Waals surface area contributed by atoms with Crippen LogP contribution in [-0.2, 0) is 4.74 Å².